The predicted molar refractivity (Wildman–Crippen MR) is 68.2 cm³/mol. The quantitative estimate of drug-likeness (QED) is 0.865. The molecule has 1 unspecified atom stereocenters. The van der Waals surface area contributed by atoms with Crippen LogP contribution in [0.25, 0.3) is 0 Å². The summed E-state index contributed by atoms with van der Waals surface area (Å²) in [7, 11) is 0. The van der Waals surface area contributed by atoms with Gasteiger partial charge in [-0.1, -0.05) is 19.1 Å². The zero-order valence-corrected chi connectivity index (χ0v) is 10.6. The molecule has 2 N–H and O–H groups in total. The molecular formula is C12H20ClFN2. The number of likely N-dealkylation sites (N-methyl/N-ethyl adjacent to an activating group) is 1. The minimum absolute atomic E-state index is 0. The Morgan fingerprint density at radius 1 is 1.44 bits per heavy atom. The van der Waals surface area contributed by atoms with Crippen LogP contribution in [0.2, 0.25) is 0 Å². The van der Waals surface area contributed by atoms with E-state index in [1.54, 1.807) is 12.1 Å². The van der Waals surface area contributed by atoms with Gasteiger partial charge in [0.2, 0.25) is 0 Å². The van der Waals surface area contributed by atoms with Crippen molar-refractivity contribution in [1.82, 2.24) is 4.90 Å². The van der Waals surface area contributed by atoms with Crippen LogP contribution in [-0.4, -0.2) is 24.0 Å². The van der Waals surface area contributed by atoms with Crippen molar-refractivity contribution in [3.8, 4) is 0 Å². The van der Waals surface area contributed by atoms with Crippen molar-refractivity contribution in [2.24, 2.45) is 5.73 Å². The molecule has 0 heterocycles. The molecule has 1 aromatic rings. The van der Waals surface area contributed by atoms with E-state index >= 15 is 0 Å². The maximum atomic E-state index is 12.9. The van der Waals surface area contributed by atoms with Crippen molar-refractivity contribution < 1.29 is 4.39 Å². The lowest BCUT2D eigenvalue weighted by Gasteiger charge is -2.22. The summed E-state index contributed by atoms with van der Waals surface area (Å²) in [5.74, 6) is -0.177. The molecule has 0 amide bonds. The van der Waals surface area contributed by atoms with Gasteiger partial charge in [-0.2, -0.15) is 0 Å². The van der Waals surface area contributed by atoms with E-state index in [4.69, 9.17) is 5.73 Å². The van der Waals surface area contributed by atoms with Crippen LogP contribution in [0.1, 0.15) is 19.4 Å². The summed E-state index contributed by atoms with van der Waals surface area (Å²) < 4.78 is 12.9. The summed E-state index contributed by atoms with van der Waals surface area (Å²) in [6.07, 6.45) is 0. The molecule has 1 rings (SSSR count). The Morgan fingerprint density at radius 3 is 2.62 bits per heavy atom. The molecule has 1 aromatic carbocycles. The van der Waals surface area contributed by atoms with Crippen molar-refractivity contribution in [2.45, 2.75) is 26.4 Å². The highest BCUT2D eigenvalue weighted by atomic mass is 35.5. The normalized spacial score (nSPS) is 12.3. The number of benzene rings is 1. The second-order valence-corrected chi connectivity index (χ2v) is 3.93. The van der Waals surface area contributed by atoms with E-state index in [1.807, 2.05) is 13.0 Å². The number of hydrogen-bond donors (Lipinski definition) is 1. The van der Waals surface area contributed by atoms with Gasteiger partial charge in [-0.25, -0.2) is 4.39 Å². The molecule has 0 saturated carbocycles. The second kappa shape index (κ2) is 7.60. The van der Waals surface area contributed by atoms with Crippen molar-refractivity contribution in [3.63, 3.8) is 0 Å². The van der Waals surface area contributed by atoms with E-state index in [0.29, 0.717) is 0 Å². The topological polar surface area (TPSA) is 29.3 Å². The number of hydrogen-bond acceptors (Lipinski definition) is 2. The summed E-state index contributed by atoms with van der Waals surface area (Å²) in [4.78, 5) is 2.21. The highest BCUT2D eigenvalue weighted by molar-refractivity contribution is 5.85. The van der Waals surface area contributed by atoms with Gasteiger partial charge in [0.25, 0.3) is 0 Å². The van der Waals surface area contributed by atoms with Crippen molar-refractivity contribution in [1.29, 1.82) is 0 Å². The smallest absolute Gasteiger partial charge is 0.123 e. The van der Waals surface area contributed by atoms with E-state index in [-0.39, 0.29) is 24.3 Å². The summed E-state index contributed by atoms with van der Waals surface area (Å²) in [5, 5.41) is 0. The fourth-order valence-corrected chi connectivity index (χ4v) is 1.61. The number of halogens is 2. The van der Waals surface area contributed by atoms with E-state index in [9.17, 15) is 4.39 Å². The first-order valence-electron chi connectivity index (χ1n) is 5.34. The molecule has 4 heteroatoms. The lowest BCUT2D eigenvalue weighted by molar-refractivity contribution is 0.266. The molecule has 0 radical (unpaired) electrons. The summed E-state index contributed by atoms with van der Waals surface area (Å²) in [5.41, 5.74) is 6.73. The molecule has 0 aliphatic rings. The lowest BCUT2D eigenvalue weighted by Crippen LogP contribution is -2.35. The van der Waals surface area contributed by atoms with E-state index in [2.05, 4.69) is 11.8 Å². The molecule has 0 fully saturated rings. The molecule has 0 bridgehead atoms. The molecule has 0 spiro atoms. The average molecular weight is 247 g/mol. The third kappa shape index (κ3) is 5.45. The van der Waals surface area contributed by atoms with Crippen LogP contribution in [0, 0.1) is 5.82 Å². The molecule has 16 heavy (non-hydrogen) atoms. The fourth-order valence-electron chi connectivity index (χ4n) is 1.61. The van der Waals surface area contributed by atoms with Crippen molar-refractivity contribution >= 4 is 12.4 Å². The first-order valence-corrected chi connectivity index (χ1v) is 5.34. The number of rotatable bonds is 5. The molecule has 1 atom stereocenters. The number of nitrogens with zero attached hydrogens (tertiary/aromatic N) is 1. The molecule has 92 valence electrons. The Balaban J connectivity index is 0.00000225. The first-order chi connectivity index (χ1) is 7.11. The third-order valence-electron chi connectivity index (χ3n) is 2.29. The highest BCUT2D eigenvalue weighted by Crippen LogP contribution is 2.07. The lowest BCUT2D eigenvalue weighted by atomic mass is 10.2. The fraction of sp³-hybridized carbons (Fsp3) is 0.500. The Kier molecular flexibility index (Phi) is 7.30. The van der Waals surface area contributed by atoms with Crippen LogP contribution in [0.3, 0.4) is 0 Å². The minimum Gasteiger partial charge on any atom is -0.327 e. The molecule has 0 saturated heterocycles. The summed E-state index contributed by atoms with van der Waals surface area (Å²) >= 11 is 0. The van der Waals surface area contributed by atoms with Crippen LogP contribution in [-0.2, 0) is 6.54 Å². The van der Waals surface area contributed by atoms with Crippen molar-refractivity contribution in [3.05, 3.63) is 35.6 Å². The second-order valence-electron chi connectivity index (χ2n) is 3.93. The van der Waals surface area contributed by atoms with Gasteiger partial charge >= 0.3 is 0 Å². The van der Waals surface area contributed by atoms with E-state index in [0.717, 1.165) is 25.2 Å². The Morgan fingerprint density at radius 2 is 2.12 bits per heavy atom. The maximum Gasteiger partial charge on any atom is 0.123 e. The van der Waals surface area contributed by atoms with Gasteiger partial charge < -0.3 is 5.73 Å². The third-order valence-corrected chi connectivity index (χ3v) is 2.29. The zero-order valence-electron chi connectivity index (χ0n) is 9.82. The highest BCUT2D eigenvalue weighted by Gasteiger charge is 2.06. The largest absolute Gasteiger partial charge is 0.327 e. The van der Waals surface area contributed by atoms with Gasteiger partial charge in [0, 0.05) is 19.1 Å². The van der Waals surface area contributed by atoms with Crippen LogP contribution < -0.4 is 5.73 Å². The van der Waals surface area contributed by atoms with Crippen molar-refractivity contribution in [2.75, 3.05) is 13.1 Å². The van der Waals surface area contributed by atoms with Gasteiger partial charge in [0.1, 0.15) is 5.82 Å². The Hall–Kier alpha value is -0.640. The number of nitrogens with two attached hydrogens (primary N) is 1. The van der Waals surface area contributed by atoms with Crippen LogP contribution in [0.15, 0.2) is 24.3 Å². The molecule has 2 nitrogen and oxygen atoms in total. The van der Waals surface area contributed by atoms with Crippen LogP contribution in [0.4, 0.5) is 4.39 Å². The van der Waals surface area contributed by atoms with Crippen LogP contribution >= 0.6 is 12.4 Å². The van der Waals surface area contributed by atoms with Crippen LogP contribution in [0.5, 0.6) is 0 Å². The minimum atomic E-state index is -0.177. The standard InChI is InChI=1S/C12H19FN2.ClH/c1-3-15(8-10(2)14)9-11-5-4-6-12(13)7-11;/h4-7,10H,3,8-9,14H2,1-2H3;1H. The Bertz CT molecular complexity index is 305. The molecular weight excluding hydrogens is 227 g/mol. The van der Waals surface area contributed by atoms with Gasteiger partial charge in [0.05, 0.1) is 0 Å². The maximum absolute atomic E-state index is 12.9. The monoisotopic (exact) mass is 246 g/mol. The zero-order chi connectivity index (χ0) is 11.3. The molecule has 0 aliphatic heterocycles. The van der Waals surface area contributed by atoms with E-state index in [1.165, 1.54) is 6.07 Å². The SMILES string of the molecule is CCN(Cc1cccc(F)c1)CC(C)N.Cl. The van der Waals surface area contributed by atoms with E-state index < -0.39 is 0 Å². The van der Waals surface area contributed by atoms with Gasteiger partial charge in [-0.05, 0) is 31.2 Å². The predicted octanol–water partition coefficient (Wildman–Crippen LogP) is 2.42. The summed E-state index contributed by atoms with van der Waals surface area (Å²) in [6, 6.07) is 6.87. The first kappa shape index (κ1) is 15.4. The average Bonchev–Trinajstić information content (AvgIpc) is 2.16. The summed E-state index contributed by atoms with van der Waals surface area (Å²) in [6.45, 7) is 6.59. The van der Waals surface area contributed by atoms with Gasteiger partial charge in [0.15, 0.2) is 0 Å². The Labute approximate surface area is 103 Å². The van der Waals surface area contributed by atoms with Gasteiger partial charge in [-0.3, -0.25) is 4.90 Å². The molecule has 0 aliphatic carbocycles. The molecule has 0 aromatic heterocycles. The van der Waals surface area contributed by atoms with Gasteiger partial charge in [-0.15, -0.1) is 12.4 Å².